The number of rotatable bonds is 4. The number of likely N-dealkylation sites (N-methyl/N-ethyl adjacent to an activating group) is 1. The van der Waals surface area contributed by atoms with Gasteiger partial charge in [0.15, 0.2) is 0 Å². The first-order valence-electron chi connectivity index (χ1n) is 6.47. The fourth-order valence-electron chi connectivity index (χ4n) is 2.30. The van der Waals surface area contributed by atoms with Crippen LogP contribution in [0.5, 0.6) is 0 Å². The summed E-state index contributed by atoms with van der Waals surface area (Å²) in [5.41, 5.74) is 0.766. The quantitative estimate of drug-likeness (QED) is 0.851. The van der Waals surface area contributed by atoms with Gasteiger partial charge in [-0.1, -0.05) is 0 Å². The molecule has 1 aromatic heterocycles. The molecule has 1 aliphatic heterocycles. The van der Waals surface area contributed by atoms with E-state index < -0.39 is 0 Å². The number of nitrogens with zero attached hydrogens (tertiary/aromatic N) is 2. The first-order valence-corrected chi connectivity index (χ1v) is 6.47. The molecule has 1 aromatic rings. The fourth-order valence-corrected chi connectivity index (χ4v) is 2.30. The maximum Gasteiger partial charge on any atom is 0.270 e. The van der Waals surface area contributed by atoms with Crippen molar-refractivity contribution in [2.75, 3.05) is 33.3 Å². The maximum absolute atomic E-state index is 12.4. The van der Waals surface area contributed by atoms with E-state index >= 15 is 0 Å². The van der Waals surface area contributed by atoms with Crippen molar-refractivity contribution in [3.63, 3.8) is 0 Å². The normalized spacial score (nSPS) is 20.1. The van der Waals surface area contributed by atoms with Gasteiger partial charge in [0.05, 0.1) is 12.7 Å². The molecule has 100 valence electrons. The number of hydrogen-bond donors (Lipinski definition) is 1. The second-order valence-electron chi connectivity index (χ2n) is 4.48. The Labute approximate surface area is 108 Å². The zero-order valence-electron chi connectivity index (χ0n) is 11.1. The summed E-state index contributed by atoms with van der Waals surface area (Å²) in [7, 11) is 1.90. The van der Waals surface area contributed by atoms with Crippen molar-refractivity contribution < 1.29 is 9.53 Å². The van der Waals surface area contributed by atoms with Crippen LogP contribution in [-0.2, 0) is 11.3 Å². The van der Waals surface area contributed by atoms with E-state index in [-0.39, 0.29) is 12.0 Å². The minimum Gasteiger partial charge on any atom is -0.373 e. The number of aromatic nitrogens is 1. The second kappa shape index (κ2) is 6.02. The van der Waals surface area contributed by atoms with E-state index in [1.807, 2.05) is 41.8 Å². The smallest absolute Gasteiger partial charge is 0.270 e. The Balaban J connectivity index is 2.04. The van der Waals surface area contributed by atoms with Gasteiger partial charge in [-0.2, -0.15) is 0 Å². The molecule has 1 unspecified atom stereocenters. The molecule has 0 aliphatic carbocycles. The maximum atomic E-state index is 12.4. The second-order valence-corrected chi connectivity index (χ2v) is 4.48. The van der Waals surface area contributed by atoms with Crippen LogP contribution in [0.1, 0.15) is 17.4 Å². The summed E-state index contributed by atoms with van der Waals surface area (Å²) in [6.45, 7) is 5.59. The molecule has 1 saturated heterocycles. The van der Waals surface area contributed by atoms with Crippen LogP contribution in [-0.4, -0.2) is 54.8 Å². The molecule has 1 aliphatic rings. The molecule has 5 heteroatoms. The van der Waals surface area contributed by atoms with Crippen LogP contribution in [0.2, 0.25) is 0 Å². The molecule has 0 spiro atoms. The first-order chi connectivity index (χ1) is 8.76. The molecule has 0 bridgehead atoms. The molecule has 2 heterocycles. The van der Waals surface area contributed by atoms with Crippen molar-refractivity contribution in [1.82, 2.24) is 14.8 Å². The summed E-state index contributed by atoms with van der Waals surface area (Å²) in [5, 5.41) is 3.09. The van der Waals surface area contributed by atoms with Crippen LogP contribution in [0.15, 0.2) is 18.3 Å². The van der Waals surface area contributed by atoms with Gasteiger partial charge in [0.1, 0.15) is 5.69 Å². The van der Waals surface area contributed by atoms with Crippen LogP contribution in [0.25, 0.3) is 0 Å². The Morgan fingerprint density at radius 3 is 3.17 bits per heavy atom. The largest absolute Gasteiger partial charge is 0.373 e. The summed E-state index contributed by atoms with van der Waals surface area (Å²) in [5.74, 6) is 0.103. The third-order valence-electron chi connectivity index (χ3n) is 3.25. The van der Waals surface area contributed by atoms with Gasteiger partial charge in [-0.25, -0.2) is 0 Å². The van der Waals surface area contributed by atoms with Crippen LogP contribution >= 0.6 is 0 Å². The third kappa shape index (κ3) is 2.73. The fraction of sp³-hybridized carbons (Fsp3) is 0.615. The monoisotopic (exact) mass is 251 g/mol. The standard InChI is InChI=1S/C13H21N3O2/c1-3-15-6-4-5-12(15)13(17)16-7-8-18-11(10-16)9-14-2/h4-6,11,14H,3,7-10H2,1-2H3. The molecule has 1 fully saturated rings. The molecule has 1 N–H and O–H groups in total. The van der Waals surface area contributed by atoms with E-state index in [1.54, 1.807) is 0 Å². The Morgan fingerprint density at radius 2 is 2.44 bits per heavy atom. The number of ether oxygens (including phenoxy) is 1. The number of morpholine rings is 1. The topological polar surface area (TPSA) is 46.5 Å². The van der Waals surface area contributed by atoms with Crippen molar-refractivity contribution in [3.05, 3.63) is 24.0 Å². The van der Waals surface area contributed by atoms with Gasteiger partial charge in [0.2, 0.25) is 0 Å². The summed E-state index contributed by atoms with van der Waals surface area (Å²) < 4.78 is 7.59. The van der Waals surface area contributed by atoms with E-state index in [1.165, 1.54) is 0 Å². The molecular formula is C13H21N3O2. The van der Waals surface area contributed by atoms with E-state index in [0.29, 0.717) is 19.7 Å². The summed E-state index contributed by atoms with van der Waals surface area (Å²) in [6, 6.07) is 3.80. The summed E-state index contributed by atoms with van der Waals surface area (Å²) in [6.07, 6.45) is 2.04. The SMILES string of the molecule is CCn1cccc1C(=O)N1CCOC(CNC)C1. The highest BCUT2D eigenvalue weighted by atomic mass is 16.5. The van der Waals surface area contributed by atoms with E-state index in [0.717, 1.165) is 18.8 Å². The number of amides is 1. The number of aryl methyl sites for hydroxylation is 1. The van der Waals surface area contributed by atoms with Gasteiger partial charge >= 0.3 is 0 Å². The average molecular weight is 251 g/mol. The van der Waals surface area contributed by atoms with Crippen molar-refractivity contribution >= 4 is 5.91 Å². The molecule has 0 radical (unpaired) electrons. The molecule has 1 atom stereocenters. The van der Waals surface area contributed by atoms with Crippen LogP contribution in [0.4, 0.5) is 0 Å². The van der Waals surface area contributed by atoms with Crippen molar-refractivity contribution in [1.29, 1.82) is 0 Å². The lowest BCUT2D eigenvalue weighted by Gasteiger charge is -2.33. The Morgan fingerprint density at radius 1 is 1.61 bits per heavy atom. The molecule has 2 rings (SSSR count). The number of carbonyl (C=O) groups is 1. The van der Waals surface area contributed by atoms with Crippen molar-refractivity contribution in [3.8, 4) is 0 Å². The zero-order chi connectivity index (χ0) is 13.0. The highest BCUT2D eigenvalue weighted by Gasteiger charge is 2.25. The van der Waals surface area contributed by atoms with Gasteiger partial charge in [-0.15, -0.1) is 0 Å². The van der Waals surface area contributed by atoms with Crippen molar-refractivity contribution in [2.24, 2.45) is 0 Å². The number of hydrogen-bond acceptors (Lipinski definition) is 3. The average Bonchev–Trinajstić information content (AvgIpc) is 2.87. The predicted octanol–water partition coefficient (Wildman–Crippen LogP) is 0.568. The number of carbonyl (C=O) groups excluding carboxylic acids is 1. The third-order valence-corrected chi connectivity index (χ3v) is 3.25. The first kappa shape index (κ1) is 13.1. The molecule has 0 saturated carbocycles. The molecule has 18 heavy (non-hydrogen) atoms. The minimum absolute atomic E-state index is 0.0951. The molecule has 5 nitrogen and oxygen atoms in total. The van der Waals surface area contributed by atoms with E-state index in [2.05, 4.69) is 5.32 Å². The van der Waals surface area contributed by atoms with Crippen LogP contribution in [0.3, 0.4) is 0 Å². The summed E-state index contributed by atoms with van der Waals surface area (Å²) in [4.78, 5) is 14.3. The van der Waals surface area contributed by atoms with E-state index in [4.69, 9.17) is 4.74 Å². The highest BCUT2D eigenvalue weighted by Crippen LogP contribution is 2.11. The predicted molar refractivity (Wildman–Crippen MR) is 69.7 cm³/mol. The Hall–Kier alpha value is -1.33. The van der Waals surface area contributed by atoms with Crippen LogP contribution < -0.4 is 5.32 Å². The molecule has 0 aromatic carbocycles. The van der Waals surface area contributed by atoms with Gasteiger partial charge in [0, 0.05) is 32.4 Å². The lowest BCUT2D eigenvalue weighted by Crippen LogP contribution is -2.48. The Kier molecular flexibility index (Phi) is 4.38. The highest BCUT2D eigenvalue weighted by molar-refractivity contribution is 5.92. The minimum atomic E-state index is 0.0951. The Bertz CT molecular complexity index is 401. The van der Waals surface area contributed by atoms with Gasteiger partial charge in [0.25, 0.3) is 5.91 Å². The zero-order valence-corrected chi connectivity index (χ0v) is 11.1. The van der Waals surface area contributed by atoms with Gasteiger partial charge < -0.3 is 19.5 Å². The van der Waals surface area contributed by atoms with Crippen molar-refractivity contribution in [2.45, 2.75) is 19.6 Å². The molecular weight excluding hydrogens is 230 g/mol. The summed E-state index contributed by atoms with van der Waals surface area (Å²) >= 11 is 0. The van der Waals surface area contributed by atoms with Gasteiger partial charge in [-0.05, 0) is 26.1 Å². The van der Waals surface area contributed by atoms with E-state index in [9.17, 15) is 4.79 Å². The van der Waals surface area contributed by atoms with Gasteiger partial charge in [-0.3, -0.25) is 4.79 Å². The molecule has 1 amide bonds. The van der Waals surface area contributed by atoms with Crippen LogP contribution in [0, 0.1) is 0 Å². The lowest BCUT2D eigenvalue weighted by atomic mass is 10.2. The number of nitrogens with one attached hydrogen (secondary N) is 1. The lowest BCUT2D eigenvalue weighted by molar-refractivity contribution is -0.0199.